The number of furan rings is 1. The molecule has 10 aromatic rings. The third-order valence-corrected chi connectivity index (χ3v) is 10.9. The first kappa shape index (κ1) is 27.9. The molecule has 0 saturated carbocycles. The van der Waals surface area contributed by atoms with Gasteiger partial charge >= 0.3 is 0 Å². The van der Waals surface area contributed by atoms with Gasteiger partial charge in [0.1, 0.15) is 11.2 Å². The molecule has 10 rings (SSSR count). The van der Waals surface area contributed by atoms with Crippen molar-refractivity contribution in [2.75, 3.05) is 4.90 Å². The first-order chi connectivity index (χ1) is 24.3. The van der Waals surface area contributed by atoms with E-state index in [1.165, 1.54) is 42.4 Å². The van der Waals surface area contributed by atoms with E-state index in [0.717, 1.165) is 49.8 Å². The molecule has 0 aliphatic carbocycles. The highest BCUT2D eigenvalue weighted by atomic mass is 32.1. The molecule has 0 saturated heterocycles. The van der Waals surface area contributed by atoms with Gasteiger partial charge in [-0.25, -0.2) is 0 Å². The highest BCUT2D eigenvalue weighted by Crippen LogP contribution is 2.45. The largest absolute Gasteiger partial charge is 0.455 e. The molecule has 3 heteroatoms. The fourth-order valence-corrected chi connectivity index (χ4v) is 8.60. The number of hydrogen-bond acceptors (Lipinski definition) is 3. The van der Waals surface area contributed by atoms with E-state index in [1.807, 2.05) is 23.5 Å². The summed E-state index contributed by atoms with van der Waals surface area (Å²) < 4.78 is 9.13. The Morgan fingerprint density at radius 2 is 1.06 bits per heavy atom. The molecule has 8 aromatic carbocycles. The van der Waals surface area contributed by atoms with Crippen LogP contribution in [0.3, 0.4) is 0 Å². The number of para-hydroxylation sites is 1. The maximum atomic E-state index is 6.50. The Bertz CT molecular complexity index is 2830. The van der Waals surface area contributed by atoms with Gasteiger partial charge in [-0.15, -0.1) is 11.3 Å². The third-order valence-electron chi connectivity index (χ3n) is 9.67. The van der Waals surface area contributed by atoms with Crippen LogP contribution in [0, 0.1) is 0 Å². The van der Waals surface area contributed by atoms with Crippen molar-refractivity contribution in [3.8, 4) is 22.3 Å². The summed E-state index contributed by atoms with van der Waals surface area (Å²) in [6, 6.07) is 63.2. The molecule has 230 valence electrons. The number of fused-ring (bicyclic) bond motifs is 8. The van der Waals surface area contributed by atoms with Crippen LogP contribution in [0.15, 0.2) is 180 Å². The van der Waals surface area contributed by atoms with Crippen molar-refractivity contribution in [1.29, 1.82) is 0 Å². The quantitative estimate of drug-likeness (QED) is 0.186. The summed E-state index contributed by atoms with van der Waals surface area (Å²) in [6.45, 7) is 0. The average Bonchev–Trinajstić information content (AvgIpc) is 3.75. The predicted molar refractivity (Wildman–Crippen MR) is 210 cm³/mol. The van der Waals surface area contributed by atoms with E-state index in [2.05, 4.69) is 169 Å². The standard InChI is InChI=1S/C46H29NOS/c1-2-11-30(12-3-1)31-23-25-33(26-24-31)47(42-20-10-18-39-36(42)27-28-40-37-15-4-6-21-43(37)48-45(39)40)34-14-8-13-32(29-34)35-17-9-19-41-38-16-5-7-22-44(38)49-46(35)41/h1-29H. The van der Waals surface area contributed by atoms with Gasteiger partial charge in [0, 0.05) is 53.1 Å². The number of thiophene rings is 1. The normalized spacial score (nSPS) is 11.7. The van der Waals surface area contributed by atoms with Crippen LogP contribution in [-0.2, 0) is 0 Å². The van der Waals surface area contributed by atoms with Crippen molar-refractivity contribution in [1.82, 2.24) is 0 Å². The van der Waals surface area contributed by atoms with E-state index >= 15 is 0 Å². The summed E-state index contributed by atoms with van der Waals surface area (Å²) in [5.74, 6) is 0. The van der Waals surface area contributed by atoms with E-state index in [-0.39, 0.29) is 0 Å². The second-order valence-electron chi connectivity index (χ2n) is 12.5. The van der Waals surface area contributed by atoms with Crippen molar-refractivity contribution in [2.45, 2.75) is 0 Å². The summed E-state index contributed by atoms with van der Waals surface area (Å²) in [6.07, 6.45) is 0. The molecule has 0 aliphatic heterocycles. The number of nitrogens with zero attached hydrogens (tertiary/aromatic N) is 1. The van der Waals surface area contributed by atoms with Gasteiger partial charge in [-0.2, -0.15) is 0 Å². The fraction of sp³-hybridized carbons (Fsp3) is 0. The zero-order valence-corrected chi connectivity index (χ0v) is 27.3. The smallest absolute Gasteiger partial charge is 0.143 e. The number of rotatable bonds is 5. The van der Waals surface area contributed by atoms with Gasteiger partial charge in [-0.1, -0.05) is 127 Å². The lowest BCUT2D eigenvalue weighted by Gasteiger charge is -2.27. The second-order valence-corrected chi connectivity index (χ2v) is 13.5. The van der Waals surface area contributed by atoms with Crippen LogP contribution in [0.4, 0.5) is 17.1 Å². The van der Waals surface area contributed by atoms with Gasteiger partial charge in [0.25, 0.3) is 0 Å². The van der Waals surface area contributed by atoms with Crippen LogP contribution >= 0.6 is 11.3 Å². The molecule has 2 aromatic heterocycles. The molecular weight excluding hydrogens is 615 g/mol. The van der Waals surface area contributed by atoms with Crippen molar-refractivity contribution in [2.24, 2.45) is 0 Å². The van der Waals surface area contributed by atoms with Crippen LogP contribution in [0.25, 0.3) is 75.1 Å². The minimum atomic E-state index is 0.909. The van der Waals surface area contributed by atoms with E-state index in [1.54, 1.807) is 0 Å². The molecule has 0 unspecified atom stereocenters. The Labute approximate surface area is 287 Å². The molecule has 2 nitrogen and oxygen atoms in total. The van der Waals surface area contributed by atoms with Gasteiger partial charge in [0.05, 0.1) is 5.69 Å². The lowest BCUT2D eigenvalue weighted by atomic mass is 10.00. The molecule has 49 heavy (non-hydrogen) atoms. The molecule has 0 amide bonds. The first-order valence-electron chi connectivity index (χ1n) is 16.6. The maximum absolute atomic E-state index is 6.50. The molecule has 0 radical (unpaired) electrons. The minimum absolute atomic E-state index is 0.909. The van der Waals surface area contributed by atoms with E-state index in [4.69, 9.17) is 4.42 Å². The topological polar surface area (TPSA) is 16.4 Å². The molecule has 0 fully saturated rings. The summed E-state index contributed by atoms with van der Waals surface area (Å²) in [7, 11) is 0. The average molecular weight is 644 g/mol. The fourth-order valence-electron chi connectivity index (χ4n) is 7.37. The van der Waals surface area contributed by atoms with E-state index in [0.29, 0.717) is 0 Å². The SMILES string of the molecule is c1ccc(-c2ccc(N(c3cccc(-c4cccc5c4sc4ccccc45)c3)c3cccc4c3ccc3c5ccccc5oc43)cc2)cc1. The van der Waals surface area contributed by atoms with Crippen molar-refractivity contribution in [3.63, 3.8) is 0 Å². The number of hydrogen-bond donors (Lipinski definition) is 0. The van der Waals surface area contributed by atoms with Crippen LogP contribution in [-0.4, -0.2) is 0 Å². The molecular formula is C46H29NOS. The molecule has 0 spiro atoms. The predicted octanol–water partition coefficient (Wildman–Crippen LogP) is 13.9. The van der Waals surface area contributed by atoms with Crippen molar-refractivity contribution < 1.29 is 4.42 Å². The Balaban J connectivity index is 1.18. The van der Waals surface area contributed by atoms with Crippen molar-refractivity contribution >= 4 is 81.3 Å². The Morgan fingerprint density at radius 1 is 0.408 bits per heavy atom. The van der Waals surface area contributed by atoms with Crippen LogP contribution in [0.5, 0.6) is 0 Å². The maximum Gasteiger partial charge on any atom is 0.143 e. The summed E-state index contributed by atoms with van der Waals surface area (Å²) in [5.41, 5.74) is 9.96. The lowest BCUT2D eigenvalue weighted by molar-refractivity contribution is 0.672. The Kier molecular flexibility index (Phi) is 6.39. The van der Waals surface area contributed by atoms with E-state index < -0.39 is 0 Å². The van der Waals surface area contributed by atoms with Gasteiger partial charge in [0.15, 0.2) is 0 Å². The minimum Gasteiger partial charge on any atom is -0.455 e. The monoisotopic (exact) mass is 643 g/mol. The third kappa shape index (κ3) is 4.55. The van der Waals surface area contributed by atoms with Crippen molar-refractivity contribution in [3.05, 3.63) is 176 Å². The second kappa shape index (κ2) is 11.2. The molecule has 0 N–H and O–H groups in total. The summed E-state index contributed by atoms with van der Waals surface area (Å²) in [5, 5.41) is 7.13. The van der Waals surface area contributed by atoms with Gasteiger partial charge in [0.2, 0.25) is 0 Å². The molecule has 0 atom stereocenters. The lowest BCUT2D eigenvalue weighted by Crippen LogP contribution is -2.10. The number of anilines is 3. The summed E-state index contributed by atoms with van der Waals surface area (Å²) >= 11 is 1.87. The Hall–Kier alpha value is -6.16. The molecule has 0 bridgehead atoms. The molecule has 0 aliphatic rings. The van der Waals surface area contributed by atoms with Gasteiger partial charge in [-0.05, 0) is 70.8 Å². The van der Waals surface area contributed by atoms with E-state index in [9.17, 15) is 0 Å². The molecule has 2 heterocycles. The van der Waals surface area contributed by atoms with Crippen LogP contribution < -0.4 is 4.90 Å². The van der Waals surface area contributed by atoms with Crippen LogP contribution in [0.1, 0.15) is 0 Å². The van der Waals surface area contributed by atoms with Gasteiger partial charge < -0.3 is 9.32 Å². The van der Waals surface area contributed by atoms with Gasteiger partial charge in [-0.3, -0.25) is 0 Å². The highest BCUT2D eigenvalue weighted by molar-refractivity contribution is 7.26. The summed E-state index contributed by atoms with van der Waals surface area (Å²) in [4.78, 5) is 2.39. The zero-order chi connectivity index (χ0) is 32.3. The highest BCUT2D eigenvalue weighted by Gasteiger charge is 2.19. The zero-order valence-electron chi connectivity index (χ0n) is 26.5. The first-order valence-corrected chi connectivity index (χ1v) is 17.4. The number of benzene rings is 8. The van der Waals surface area contributed by atoms with Crippen LogP contribution in [0.2, 0.25) is 0 Å². The Morgan fingerprint density at radius 3 is 1.96 bits per heavy atom.